The van der Waals surface area contributed by atoms with Gasteiger partial charge >= 0.3 is 0 Å². The molecule has 2 aromatic carbocycles. The molecule has 25 heavy (non-hydrogen) atoms. The number of benzene rings is 2. The molecule has 2 heterocycles. The lowest BCUT2D eigenvalue weighted by Crippen LogP contribution is -2.43. The van der Waals surface area contributed by atoms with Gasteiger partial charge in [-0.15, -0.1) is 0 Å². The van der Waals surface area contributed by atoms with Gasteiger partial charge in [0.1, 0.15) is 4.99 Å². The Kier molecular flexibility index (Phi) is 5.12. The van der Waals surface area contributed by atoms with Crippen LogP contribution in [0.3, 0.4) is 0 Å². The lowest BCUT2D eigenvalue weighted by Gasteiger charge is -2.28. The number of rotatable bonds is 3. The first kappa shape index (κ1) is 17.1. The first-order valence-corrected chi connectivity index (χ1v) is 10.2. The van der Waals surface area contributed by atoms with Crippen molar-refractivity contribution in [1.29, 1.82) is 0 Å². The van der Waals surface area contributed by atoms with Crippen LogP contribution in [0.15, 0.2) is 62.0 Å². The largest absolute Gasteiger partial charge is 0.378 e. The maximum Gasteiger partial charge on any atom is 0.194 e. The van der Waals surface area contributed by atoms with Crippen molar-refractivity contribution in [3.05, 3.63) is 48.0 Å². The Morgan fingerprint density at radius 1 is 1.00 bits per heavy atom. The molecule has 0 bridgehead atoms. The van der Waals surface area contributed by atoms with Gasteiger partial charge in [-0.25, -0.2) is 0 Å². The van der Waals surface area contributed by atoms with Crippen LogP contribution in [0.4, 0.5) is 0 Å². The summed E-state index contributed by atoms with van der Waals surface area (Å²) in [5.74, 6) is 0.0229. The van der Waals surface area contributed by atoms with Crippen LogP contribution >= 0.6 is 35.7 Å². The number of ether oxygens (including phenoxy) is 1. The minimum atomic E-state index is 0.0229. The number of nitrogens with zero attached hydrogens (tertiary/aromatic N) is 1. The molecule has 0 saturated carbocycles. The van der Waals surface area contributed by atoms with E-state index < -0.39 is 0 Å². The van der Waals surface area contributed by atoms with Crippen molar-refractivity contribution in [1.82, 2.24) is 4.90 Å². The molecule has 0 atom stereocenters. The van der Waals surface area contributed by atoms with E-state index in [1.54, 1.807) is 23.5 Å². The third-order valence-electron chi connectivity index (χ3n) is 4.23. The molecule has 1 saturated heterocycles. The highest BCUT2D eigenvalue weighted by molar-refractivity contribution is 8.05. The minimum absolute atomic E-state index is 0.0229. The number of fused-ring (bicyclic) bond motifs is 2. The lowest BCUT2D eigenvalue weighted by atomic mass is 10.1. The van der Waals surface area contributed by atoms with Gasteiger partial charge in [-0.05, 0) is 23.8 Å². The third kappa shape index (κ3) is 3.62. The van der Waals surface area contributed by atoms with Gasteiger partial charge in [0, 0.05) is 39.1 Å². The molecule has 128 valence electrons. The van der Waals surface area contributed by atoms with E-state index in [1.807, 2.05) is 17.0 Å². The van der Waals surface area contributed by atoms with Crippen LogP contribution in [0.5, 0.6) is 0 Å². The first-order valence-electron chi connectivity index (χ1n) is 8.19. The Morgan fingerprint density at radius 3 is 2.44 bits per heavy atom. The molecule has 0 N–H and O–H groups in total. The maximum absolute atomic E-state index is 12.7. The van der Waals surface area contributed by atoms with E-state index in [2.05, 4.69) is 30.3 Å². The summed E-state index contributed by atoms with van der Waals surface area (Å²) in [6, 6.07) is 14.6. The van der Waals surface area contributed by atoms with E-state index in [4.69, 9.17) is 17.0 Å². The highest BCUT2D eigenvalue weighted by atomic mass is 32.2. The van der Waals surface area contributed by atoms with Gasteiger partial charge in [-0.2, -0.15) is 0 Å². The third-order valence-corrected chi connectivity index (χ3v) is 7.37. The summed E-state index contributed by atoms with van der Waals surface area (Å²) < 4.78 is 5.34. The maximum atomic E-state index is 12.7. The van der Waals surface area contributed by atoms with E-state index >= 15 is 0 Å². The molecule has 1 fully saturated rings. The lowest BCUT2D eigenvalue weighted by molar-refractivity contribution is -0.113. The van der Waals surface area contributed by atoms with Gasteiger partial charge in [-0.1, -0.05) is 60.0 Å². The number of hydrogen-bond donors (Lipinski definition) is 0. The van der Waals surface area contributed by atoms with E-state index in [9.17, 15) is 4.79 Å². The van der Waals surface area contributed by atoms with Crippen molar-refractivity contribution >= 4 is 46.5 Å². The summed E-state index contributed by atoms with van der Waals surface area (Å²) in [5.41, 5.74) is 1.06. The molecule has 0 aromatic heterocycles. The second kappa shape index (κ2) is 7.50. The average Bonchev–Trinajstić information content (AvgIpc) is 2.67. The zero-order valence-electron chi connectivity index (χ0n) is 13.6. The number of carbonyl (C=O) groups excluding carboxylic acids is 1. The summed E-state index contributed by atoms with van der Waals surface area (Å²) in [6.45, 7) is 2.68. The fourth-order valence-electron chi connectivity index (χ4n) is 2.94. The molecule has 0 aliphatic carbocycles. The summed E-state index contributed by atoms with van der Waals surface area (Å²) >= 11 is 8.94. The number of hydrogen-bond acceptors (Lipinski definition) is 5. The zero-order chi connectivity index (χ0) is 17.2. The molecule has 0 radical (unpaired) electrons. The second-order valence-corrected chi connectivity index (χ2v) is 8.42. The molecule has 2 aliphatic heterocycles. The van der Waals surface area contributed by atoms with Gasteiger partial charge in [0.05, 0.1) is 13.2 Å². The highest BCUT2D eigenvalue weighted by Gasteiger charge is 2.24. The minimum Gasteiger partial charge on any atom is -0.378 e. The summed E-state index contributed by atoms with van der Waals surface area (Å²) in [7, 11) is 0. The second-order valence-electron chi connectivity index (χ2n) is 5.90. The van der Waals surface area contributed by atoms with E-state index in [0.717, 1.165) is 5.56 Å². The van der Waals surface area contributed by atoms with Crippen LogP contribution in [-0.2, 0) is 16.0 Å². The van der Waals surface area contributed by atoms with Crippen LogP contribution in [0, 0.1) is 0 Å². The number of carbonyl (C=O) groups is 1. The van der Waals surface area contributed by atoms with Gasteiger partial charge in [-0.3, -0.25) is 4.79 Å². The topological polar surface area (TPSA) is 29.5 Å². The molecule has 0 unspecified atom stereocenters. The number of ketones is 1. The first-order chi connectivity index (χ1) is 12.2. The molecule has 0 spiro atoms. The quantitative estimate of drug-likeness (QED) is 0.630. The Balaban J connectivity index is 1.54. The molecule has 2 aliphatic rings. The van der Waals surface area contributed by atoms with Crippen molar-refractivity contribution in [3.63, 3.8) is 0 Å². The summed E-state index contributed by atoms with van der Waals surface area (Å²) in [5, 5.41) is 0. The Morgan fingerprint density at radius 2 is 1.68 bits per heavy atom. The Labute approximate surface area is 161 Å². The summed E-state index contributed by atoms with van der Waals surface area (Å²) in [6.07, 6.45) is 0.356. The SMILES string of the molecule is O=C(Cc1cccc2c1Sc1ccccc1S2)C(=S)N1CCOCC1. The highest BCUT2D eigenvalue weighted by Crippen LogP contribution is 2.49. The van der Waals surface area contributed by atoms with Crippen molar-refractivity contribution in [3.8, 4) is 0 Å². The molecule has 3 nitrogen and oxygen atoms in total. The van der Waals surface area contributed by atoms with Crippen LogP contribution in [0.2, 0.25) is 0 Å². The standard InChI is InChI=1S/C19H17NO2S3/c21-14(19(23)20-8-10-22-11-9-20)12-13-4-3-7-17-18(13)25-16-6-2-1-5-15(16)24-17/h1-7H,8-12H2. The predicted octanol–water partition coefficient (Wildman–Crippen LogP) is 4.07. The molecule has 0 amide bonds. The number of morpholine rings is 1. The Hall–Kier alpha value is -1.34. The molecule has 6 heteroatoms. The predicted molar refractivity (Wildman–Crippen MR) is 105 cm³/mol. The Bertz CT molecular complexity index is 831. The van der Waals surface area contributed by atoms with Crippen molar-refractivity contribution in [2.75, 3.05) is 26.3 Å². The van der Waals surface area contributed by atoms with Crippen molar-refractivity contribution in [2.45, 2.75) is 26.0 Å². The average molecular weight is 388 g/mol. The molecule has 4 rings (SSSR count). The normalized spacial score (nSPS) is 16.1. The van der Waals surface area contributed by atoms with Crippen LogP contribution in [-0.4, -0.2) is 42.0 Å². The molecular weight excluding hydrogens is 370 g/mol. The van der Waals surface area contributed by atoms with Crippen molar-refractivity contribution in [2.24, 2.45) is 0 Å². The fourth-order valence-corrected chi connectivity index (χ4v) is 5.59. The fraction of sp³-hybridized carbons (Fsp3) is 0.263. The summed E-state index contributed by atoms with van der Waals surface area (Å²) in [4.78, 5) is 20.0. The smallest absolute Gasteiger partial charge is 0.194 e. The molecular formula is C19H17NO2S3. The van der Waals surface area contributed by atoms with E-state index in [0.29, 0.717) is 37.7 Å². The van der Waals surface area contributed by atoms with Crippen molar-refractivity contribution < 1.29 is 9.53 Å². The zero-order valence-corrected chi connectivity index (χ0v) is 16.0. The van der Waals surface area contributed by atoms with Crippen LogP contribution in [0.25, 0.3) is 0 Å². The van der Waals surface area contributed by atoms with Gasteiger partial charge in [0.15, 0.2) is 5.78 Å². The van der Waals surface area contributed by atoms with E-state index in [1.165, 1.54) is 19.6 Å². The van der Waals surface area contributed by atoms with E-state index in [-0.39, 0.29) is 5.78 Å². The number of thiocarbonyl (C=S) groups is 1. The number of Topliss-reactive ketones (excluding diaryl/α,β-unsaturated/α-hetero) is 1. The van der Waals surface area contributed by atoms with Crippen LogP contribution < -0.4 is 0 Å². The van der Waals surface area contributed by atoms with Crippen LogP contribution in [0.1, 0.15) is 5.56 Å². The monoisotopic (exact) mass is 387 g/mol. The van der Waals surface area contributed by atoms with Gasteiger partial charge < -0.3 is 9.64 Å². The van der Waals surface area contributed by atoms with Gasteiger partial charge in [0.2, 0.25) is 0 Å². The van der Waals surface area contributed by atoms with Gasteiger partial charge in [0.25, 0.3) is 0 Å². The molecule has 2 aromatic rings.